The van der Waals surface area contributed by atoms with E-state index < -0.39 is 7.82 Å². The van der Waals surface area contributed by atoms with E-state index in [0.717, 1.165) is 10.8 Å². The van der Waals surface area contributed by atoms with Gasteiger partial charge in [0.15, 0.2) is 0 Å². The van der Waals surface area contributed by atoms with Gasteiger partial charge in [-0.3, -0.25) is 13.7 Å². The van der Waals surface area contributed by atoms with Gasteiger partial charge in [-0.2, -0.15) is 0 Å². The first-order valence-electron chi connectivity index (χ1n) is 6.70. The van der Waals surface area contributed by atoms with Crippen LogP contribution in [0.5, 0.6) is 5.88 Å². The smallest absolute Gasteiger partial charge is 0.382 e. The Morgan fingerprint density at radius 3 is 2.24 bits per heavy atom. The number of halogens is 1. The van der Waals surface area contributed by atoms with E-state index in [1.165, 1.54) is 11.8 Å². The van der Waals surface area contributed by atoms with Gasteiger partial charge in [0.25, 0.3) is 5.88 Å². The van der Waals surface area contributed by atoms with Crippen molar-refractivity contribution in [3.63, 3.8) is 0 Å². The number of phosphoric acid groups is 1. The zero-order valence-corrected chi connectivity index (χ0v) is 15.6. The van der Waals surface area contributed by atoms with Crippen LogP contribution < -0.4 is 4.52 Å². The Kier molecular flexibility index (Phi) is 7.07. The average Bonchev–Trinajstić information content (AvgIpc) is 2.54. The summed E-state index contributed by atoms with van der Waals surface area (Å²) in [5.41, 5.74) is 0. The van der Waals surface area contributed by atoms with Crippen LogP contribution in [0.4, 0.5) is 0 Å². The third-order valence-electron chi connectivity index (χ3n) is 2.07. The zero-order valence-electron chi connectivity index (χ0n) is 13.1. The summed E-state index contributed by atoms with van der Waals surface area (Å²) in [6.45, 7) is 9.00. The highest BCUT2D eigenvalue weighted by Crippen LogP contribution is 2.53. The lowest BCUT2D eigenvalue weighted by molar-refractivity contribution is 0.102. The molecule has 0 saturated carbocycles. The molecule has 1 rings (SSSR count). The molecule has 0 atom stereocenters. The van der Waals surface area contributed by atoms with Gasteiger partial charge in [-0.05, 0) is 33.4 Å². The second-order valence-corrected chi connectivity index (χ2v) is 7.96. The molecular formula is C12H22ClN2O4PS. The Labute approximate surface area is 135 Å². The van der Waals surface area contributed by atoms with Crippen LogP contribution in [0.3, 0.4) is 0 Å². The minimum Gasteiger partial charge on any atom is -0.382 e. The van der Waals surface area contributed by atoms with E-state index in [2.05, 4.69) is 5.10 Å². The number of nitrogens with zero attached hydrogens (tertiary/aromatic N) is 2. The maximum absolute atomic E-state index is 12.7. The minimum absolute atomic E-state index is 0.0553. The highest BCUT2D eigenvalue weighted by atomic mass is 35.5. The monoisotopic (exact) mass is 356 g/mol. The van der Waals surface area contributed by atoms with Crippen LogP contribution in [0.1, 0.15) is 34.6 Å². The van der Waals surface area contributed by atoms with E-state index >= 15 is 0 Å². The summed E-state index contributed by atoms with van der Waals surface area (Å²) in [7, 11) is -2.03. The van der Waals surface area contributed by atoms with E-state index in [4.69, 9.17) is 25.2 Å². The molecule has 1 aromatic rings. The van der Waals surface area contributed by atoms with E-state index in [1.807, 2.05) is 6.92 Å². The van der Waals surface area contributed by atoms with Crippen LogP contribution in [-0.2, 0) is 20.7 Å². The van der Waals surface area contributed by atoms with Crippen molar-refractivity contribution in [3.05, 3.63) is 5.02 Å². The van der Waals surface area contributed by atoms with Crippen molar-refractivity contribution in [2.75, 3.05) is 5.75 Å². The Morgan fingerprint density at radius 1 is 1.29 bits per heavy atom. The SMILES string of the molecule is CCSc1c(Cl)c(OP(=O)(OC(C)C)OC(C)C)nn1C. The van der Waals surface area contributed by atoms with Crippen molar-refractivity contribution >= 4 is 31.2 Å². The zero-order chi connectivity index (χ0) is 16.2. The van der Waals surface area contributed by atoms with Crippen molar-refractivity contribution in [2.45, 2.75) is 51.9 Å². The molecule has 9 heteroatoms. The molecule has 0 fully saturated rings. The molecule has 1 heterocycles. The van der Waals surface area contributed by atoms with Crippen LogP contribution in [-0.4, -0.2) is 27.7 Å². The molecule has 0 radical (unpaired) electrons. The molecule has 0 saturated heterocycles. The highest BCUT2D eigenvalue weighted by molar-refractivity contribution is 7.99. The first kappa shape index (κ1) is 18.8. The van der Waals surface area contributed by atoms with Crippen LogP contribution in [0.25, 0.3) is 0 Å². The third-order valence-corrected chi connectivity index (χ3v) is 5.31. The second-order valence-electron chi connectivity index (χ2n) is 4.83. The summed E-state index contributed by atoms with van der Waals surface area (Å²) in [6.07, 6.45) is -0.636. The Balaban J connectivity index is 3.04. The Bertz CT molecular complexity index is 508. The summed E-state index contributed by atoms with van der Waals surface area (Å²) in [4.78, 5) is 0. The number of hydrogen-bond acceptors (Lipinski definition) is 6. The summed E-state index contributed by atoms with van der Waals surface area (Å²) < 4.78 is 30.3. The standard InChI is InChI=1S/C12H22ClN2O4PS/c1-7-21-12-10(13)11(14-15(12)6)19-20(16,17-8(2)3)18-9(4)5/h8-9H,7H2,1-6H3. The van der Waals surface area contributed by atoms with Gasteiger partial charge >= 0.3 is 7.82 Å². The normalized spacial score (nSPS) is 12.4. The molecule has 6 nitrogen and oxygen atoms in total. The molecule has 0 amide bonds. The molecule has 0 aliphatic heterocycles. The number of aryl methyl sites for hydroxylation is 1. The number of rotatable bonds is 8. The maximum Gasteiger partial charge on any atom is 0.531 e. The molecule has 21 heavy (non-hydrogen) atoms. The topological polar surface area (TPSA) is 62.6 Å². The van der Waals surface area contributed by atoms with Gasteiger partial charge in [0.05, 0.1) is 12.2 Å². The van der Waals surface area contributed by atoms with Gasteiger partial charge in [-0.1, -0.05) is 18.5 Å². The van der Waals surface area contributed by atoms with Gasteiger partial charge in [0.2, 0.25) is 0 Å². The first-order chi connectivity index (χ1) is 9.68. The predicted molar refractivity (Wildman–Crippen MR) is 85.3 cm³/mol. The fourth-order valence-corrected chi connectivity index (χ4v) is 4.14. The lowest BCUT2D eigenvalue weighted by atomic mass is 10.5. The number of thioether (sulfide) groups is 1. The van der Waals surface area contributed by atoms with Crippen molar-refractivity contribution in [3.8, 4) is 5.88 Å². The number of hydrogen-bond donors (Lipinski definition) is 0. The van der Waals surface area contributed by atoms with Crippen molar-refractivity contribution in [1.82, 2.24) is 9.78 Å². The molecule has 122 valence electrons. The van der Waals surface area contributed by atoms with E-state index in [0.29, 0.717) is 5.02 Å². The molecule has 0 N–H and O–H groups in total. The molecule has 0 unspecified atom stereocenters. The van der Waals surface area contributed by atoms with Crippen LogP contribution in [0.15, 0.2) is 5.03 Å². The molecule has 0 aliphatic carbocycles. The van der Waals surface area contributed by atoms with Gasteiger partial charge in [-0.15, -0.1) is 16.9 Å². The number of phosphoric ester groups is 1. The lowest BCUT2D eigenvalue weighted by Gasteiger charge is -2.21. The van der Waals surface area contributed by atoms with Crippen molar-refractivity contribution in [2.24, 2.45) is 7.05 Å². The molecular weight excluding hydrogens is 335 g/mol. The Morgan fingerprint density at radius 2 is 1.81 bits per heavy atom. The predicted octanol–water partition coefficient (Wildman–Crippen LogP) is 4.52. The fourth-order valence-electron chi connectivity index (χ4n) is 1.50. The van der Waals surface area contributed by atoms with Gasteiger partial charge < -0.3 is 4.52 Å². The first-order valence-corrected chi connectivity index (χ1v) is 9.52. The minimum atomic E-state index is -3.78. The average molecular weight is 357 g/mol. The lowest BCUT2D eigenvalue weighted by Crippen LogP contribution is -2.12. The van der Waals surface area contributed by atoms with Crippen LogP contribution in [0, 0.1) is 0 Å². The molecule has 1 aromatic heterocycles. The molecule has 0 aromatic carbocycles. The van der Waals surface area contributed by atoms with Gasteiger partial charge in [-0.25, -0.2) is 4.57 Å². The molecule has 0 aliphatic rings. The maximum atomic E-state index is 12.7. The highest BCUT2D eigenvalue weighted by Gasteiger charge is 2.34. The summed E-state index contributed by atoms with van der Waals surface area (Å²) in [6, 6.07) is 0. The van der Waals surface area contributed by atoms with Gasteiger partial charge in [0, 0.05) is 7.05 Å². The quantitative estimate of drug-likeness (QED) is 0.504. The number of aromatic nitrogens is 2. The second kappa shape index (κ2) is 7.88. The van der Waals surface area contributed by atoms with E-state index in [1.54, 1.807) is 39.4 Å². The Hall–Kier alpha value is -0.200. The van der Waals surface area contributed by atoms with Crippen LogP contribution in [0.2, 0.25) is 5.02 Å². The largest absolute Gasteiger partial charge is 0.531 e. The van der Waals surface area contributed by atoms with Gasteiger partial charge in [0.1, 0.15) is 10.0 Å². The molecule has 0 spiro atoms. The van der Waals surface area contributed by atoms with Crippen molar-refractivity contribution in [1.29, 1.82) is 0 Å². The molecule has 0 bridgehead atoms. The summed E-state index contributed by atoms with van der Waals surface area (Å²) >= 11 is 7.75. The van der Waals surface area contributed by atoms with E-state index in [-0.39, 0.29) is 18.1 Å². The third kappa shape index (κ3) is 5.49. The van der Waals surface area contributed by atoms with Crippen LogP contribution >= 0.6 is 31.2 Å². The fraction of sp³-hybridized carbons (Fsp3) is 0.750. The van der Waals surface area contributed by atoms with Crippen molar-refractivity contribution < 1.29 is 18.1 Å². The van der Waals surface area contributed by atoms with E-state index in [9.17, 15) is 4.57 Å². The summed E-state index contributed by atoms with van der Waals surface area (Å²) in [5, 5.41) is 5.19. The summed E-state index contributed by atoms with van der Waals surface area (Å²) in [5.74, 6) is 0.890.